The van der Waals surface area contributed by atoms with Gasteiger partial charge in [-0.25, -0.2) is 4.79 Å². The minimum Gasteiger partial charge on any atom is -0.383 e. The lowest BCUT2D eigenvalue weighted by atomic mass is 10.1. The summed E-state index contributed by atoms with van der Waals surface area (Å²) in [6.45, 7) is 3.23. The third-order valence-corrected chi connectivity index (χ3v) is 5.13. The standard InChI is InChI=1S/C20H23N5O3/c1-14-13-25-16-17(22(2)20(27)24(18(16)26)11-12-28-3)21-19(25)23(14)10-9-15-7-5-4-6-8-15/h4-8,13H,9-12H2,1-3H3. The average Bonchev–Trinajstić information content (AvgIpc) is 3.20. The van der Waals surface area contributed by atoms with Crippen LogP contribution in [0.1, 0.15) is 11.3 Å². The van der Waals surface area contributed by atoms with E-state index in [4.69, 9.17) is 4.74 Å². The van der Waals surface area contributed by atoms with Gasteiger partial charge >= 0.3 is 5.69 Å². The van der Waals surface area contributed by atoms with E-state index in [2.05, 4.69) is 21.7 Å². The zero-order valence-corrected chi connectivity index (χ0v) is 16.3. The van der Waals surface area contributed by atoms with Crippen LogP contribution in [-0.2, 0) is 31.3 Å². The molecular weight excluding hydrogens is 358 g/mol. The Hall–Kier alpha value is -3.13. The maximum absolute atomic E-state index is 13.0. The summed E-state index contributed by atoms with van der Waals surface area (Å²) in [6.07, 6.45) is 2.76. The van der Waals surface area contributed by atoms with Crippen LogP contribution >= 0.6 is 0 Å². The first kappa shape index (κ1) is 18.2. The predicted molar refractivity (Wildman–Crippen MR) is 107 cm³/mol. The number of hydrogen-bond donors (Lipinski definition) is 0. The van der Waals surface area contributed by atoms with Crippen molar-refractivity contribution in [3.8, 4) is 0 Å². The first-order valence-corrected chi connectivity index (χ1v) is 9.23. The molecule has 4 aromatic rings. The zero-order chi connectivity index (χ0) is 19.8. The summed E-state index contributed by atoms with van der Waals surface area (Å²) in [5.41, 5.74) is 2.32. The Labute approximate surface area is 161 Å². The Morgan fingerprint density at radius 3 is 2.54 bits per heavy atom. The van der Waals surface area contributed by atoms with Crippen LogP contribution in [0.2, 0.25) is 0 Å². The molecule has 0 bridgehead atoms. The molecule has 8 nitrogen and oxygen atoms in total. The Morgan fingerprint density at radius 2 is 1.82 bits per heavy atom. The minimum absolute atomic E-state index is 0.207. The molecular formula is C20H23N5O3. The number of ether oxygens (including phenoxy) is 1. The zero-order valence-electron chi connectivity index (χ0n) is 16.3. The molecule has 0 saturated heterocycles. The van der Waals surface area contributed by atoms with Crippen molar-refractivity contribution >= 4 is 16.9 Å². The Bertz CT molecular complexity index is 1260. The van der Waals surface area contributed by atoms with Crippen molar-refractivity contribution in [3.05, 3.63) is 68.6 Å². The summed E-state index contributed by atoms with van der Waals surface area (Å²) in [7, 11) is 3.18. The van der Waals surface area contributed by atoms with E-state index in [0.717, 1.165) is 18.7 Å². The van der Waals surface area contributed by atoms with Crippen LogP contribution in [0.25, 0.3) is 16.9 Å². The molecule has 28 heavy (non-hydrogen) atoms. The Kier molecular flexibility index (Phi) is 4.64. The fourth-order valence-electron chi connectivity index (χ4n) is 3.60. The van der Waals surface area contributed by atoms with Crippen molar-refractivity contribution in [2.24, 2.45) is 7.05 Å². The van der Waals surface area contributed by atoms with Gasteiger partial charge in [-0.05, 0) is 18.9 Å². The van der Waals surface area contributed by atoms with Gasteiger partial charge in [0.1, 0.15) is 0 Å². The number of methoxy groups -OCH3 is 1. The average molecular weight is 381 g/mol. The second-order valence-corrected chi connectivity index (χ2v) is 6.90. The van der Waals surface area contributed by atoms with Crippen molar-refractivity contribution in [1.29, 1.82) is 0 Å². The van der Waals surface area contributed by atoms with Crippen molar-refractivity contribution in [2.45, 2.75) is 26.4 Å². The highest BCUT2D eigenvalue weighted by atomic mass is 16.5. The first-order valence-electron chi connectivity index (χ1n) is 9.23. The van der Waals surface area contributed by atoms with Crippen molar-refractivity contribution in [2.75, 3.05) is 13.7 Å². The van der Waals surface area contributed by atoms with E-state index in [1.165, 1.54) is 14.7 Å². The van der Waals surface area contributed by atoms with Crippen LogP contribution in [-0.4, -0.2) is 36.8 Å². The van der Waals surface area contributed by atoms with E-state index < -0.39 is 0 Å². The van der Waals surface area contributed by atoms with Gasteiger partial charge in [0, 0.05) is 32.6 Å². The molecule has 0 aliphatic heterocycles. The van der Waals surface area contributed by atoms with E-state index in [9.17, 15) is 9.59 Å². The van der Waals surface area contributed by atoms with Gasteiger partial charge in [-0.15, -0.1) is 0 Å². The minimum atomic E-state index is -0.386. The Morgan fingerprint density at radius 1 is 1.07 bits per heavy atom. The topological polar surface area (TPSA) is 75.5 Å². The molecule has 8 heteroatoms. The molecule has 0 aliphatic rings. The third kappa shape index (κ3) is 2.86. The van der Waals surface area contributed by atoms with E-state index >= 15 is 0 Å². The second-order valence-electron chi connectivity index (χ2n) is 6.90. The molecule has 0 fully saturated rings. The van der Waals surface area contributed by atoms with Gasteiger partial charge in [-0.2, -0.15) is 4.98 Å². The van der Waals surface area contributed by atoms with Gasteiger partial charge in [0.25, 0.3) is 5.56 Å². The maximum Gasteiger partial charge on any atom is 0.332 e. The molecule has 3 heterocycles. The van der Waals surface area contributed by atoms with Crippen LogP contribution in [0.15, 0.2) is 46.1 Å². The number of fused-ring (bicyclic) bond motifs is 3. The molecule has 0 amide bonds. The summed E-state index contributed by atoms with van der Waals surface area (Å²) in [5.74, 6) is 0.667. The largest absolute Gasteiger partial charge is 0.383 e. The SMILES string of the molecule is COCCn1c(=O)c2c(nc3n(CCc4ccccc4)c(C)cn23)n(C)c1=O. The van der Waals surface area contributed by atoms with Crippen LogP contribution in [0.3, 0.4) is 0 Å². The van der Waals surface area contributed by atoms with Gasteiger partial charge < -0.3 is 9.30 Å². The fraction of sp³-hybridized carbons (Fsp3) is 0.350. The molecule has 0 spiro atoms. The summed E-state index contributed by atoms with van der Waals surface area (Å²) < 4.78 is 11.5. The highest BCUT2D eigenvalue weighted by Gasteiger charge is 2.20. The number of rotatable bonds is 6. The number of benzene rings is 1. The normalized spacial score (nSPS) is 11.7. The fourth-order valence-corrected chi connectivity index (χ4v) is 3.60. The van der Waals surface area contributed by atoms with Crippen LogP contribution in [0.4, 0.5) is 0 Å². The van der Waals surface area contributed by atoms with Gasteiger partial charge in [0.05, 0.1) is 13.2 Å². The van der Waals surface area contributed by atoms with E-state index in [1.54, 1.807) is 18.6 Å². The van der Waals surface area contributed by atoms with Crippen LogP contribution < -0.4 is 11.2 Å². The number of nitrogens with zero attached hydrogens (tertiary/aromatic N) is 5. The Balaban J connectivity index is 1.86. The molecule has 146 valence electrons. The number of aryl methyl sites for hydroxylation is 4. The highest BCUT2D eigenvalue weighted by Crippen LogP contribution is 2.17. The van der Waals surface area contributed by atoms with E-state index in [-0.39, 0.29) is 17.8 Å². The summed E-state index contributed by atoms with van der Waals surface area (Å²) in [5, 5.41) is 0. The van der Waals surface area contributed by atoms with Crippen molar-refractivity contribution in [3.63, 3.8) is 0 Å². The smallest absolute Gasteiger partial charge is 0.332 e. The van der Waals surface area contributed by atoms with Gasteiger partial charge in [-0.1, -0.05) is 30.3 Å². The molecule has 0 aliphatic carbocycles. The highest BCUT2D eigenvalue weighted by molar-refractivity contribution is 5.75. The van der Waals surface area contributed by atoms with Crippen LogP contribution in [0.5, 0.6) is 0 Å². The van der Waals surface area contributed by atoms with Gasteiger partial charge in [-0.3, -0.25) is 18.3 Å². The summed E-state index contributed by atoms with van der Waals surface area (Å²) in [4.78, 5) is 30.2. The van der Waals surface area contributed by atoms with Crippen LogP contribution in [0, 0.1) is 6.92 Å². The van der Waals surface area contributed by atoms with Gasteiger partial charge in [0.2, 0.25) is 5.78 Å². The summed E-state index contributed by atoms with van der Waals surface area (Å²) in [6, 6.07) is 10.2. The molecule has 0 saturated carbocycles. The number of imidazole rings is 2. The van der Waals surface area contributed by atoms with Crippen molar-refractivity contribution in [1.82, 2.24) is 23.1 Å². The lowest BCUT2D eigenvalue weighted by Gasteiger charge is -2.07. The predicted octanol–water partition coefficient (Wildman–Crippen LogP) is 1.35. The molecule has 3 aromatic heterocycles. The first-order chi connectivity index (χ1) is 13.5. The molecule has 0 N–H and O–H groups in total. The number of aromatic nitrogens is 5. The second kappa shape index (κ2) is 7.12. The molecule has 4 rings (SSSR count). The number of hydrogen-bond acceptors (Lipinski definition) is 4. The molecule has 0 atom stereocenters. The molecule has 0 radical (unpaired) electrons. The lowest BCUT2D eigenvalue weighted by Crippen LogP contribution is -2.40. The quantitative estimate of drug-likeness (QED) is 0.505. The molecule has 1 aromatic carbocycles. The summed E-state index contributed by atoms with van der Waals surface area (Å²) >= 11 is 0. The van der Waals surface area contributed by atoms with Gasteiger partial charge in [0.15, 0.2) is 11.2 Å². The third-order valence-electron chi connectivity index (χ3n) is 5.13. The molecule has 0 unspecified atom stereocenters. The van der Waals surface area contributed by atoms with Crippen molar-refractivity contribution < 1.29 is 4.74 Å². The van der Waals surface area contributed by atoms with E-state index in [1.807, 2.05) is 31.3 Å². The maximum atomic E-state index is 13.0. The van der Waals surface area contributed by atoms with E-state index in [0.29, 0.717) is 23.5 Å². The monoisotopic (exact) mass is 381 g/mol. The lowest BCUT2D eigenvalue weighted by molar-refractivity contribution is 0.184.